The Morgan fingerprint density at radius 3 is 2.91 bits per heavy atom. The van der Waals surface area contributed by atoms with Gasteiger partial charge in [0.15, 0.2) is 0 Å². The van der Waals surface area contributed by atoms with Gasteiger partial charge in [-0.1, -0.05) is 17.7 Å². The first kappa shape index (κ1) is 14.5. The molecular weight excluding hydrogens is 280 g/mol. The van der Waals surface area contributed by atoms with E-state index in [9.17, 15) is 9.59 Å². The molecule has 0 aliphatic carbocycles. The molecule has 0 spiro atoms. The predicted molar refractivity (Wildman–Crippen MR) is 82.7 cm³/mol. The van der Waals surface area contributed by atoms with E-state index in [1.807, 2.05) is 31.2 Å². The van der Waals surface area contributed by atoms with Crippen molar-refractivity contribution in [3.8, 4) is 0 Å². The summed E-state index contributed by atoms with van der Waals surface area (Å²) in [5.41, 5.74) is 1.48. The van der Waals surface area contributed by atoms with Crippen molar-refractivity contribution < 1.29 is 14.7 Å². The molecule has 0 saturated carbocycles. The third-order valence-electron chi connectivity index (χ3n) is 4.18. The number of carboxylic acids is 1. The van der Waals surface area contributed by atoms with Crippen molar-refractivity contribution in [2.24, 2.45) is 5.92 Å². The van der Waals surface area contributed by atoms with E-state index >= 15 is 0 Å². The summed E-state index contributed by atoms with van der Waals surface area (Å²) in [6.45, 7) is 2.83. The van der Waals surface area contributed by atoms with Gasteiger partial charge in [-0.2, -0.15) is 0 Å². The van der Waals surface area contributed by atoms with E-state index in [0.29, 0.717) is 25.1 Å². The summed E-state index contributed by atoms with van der Waals surface area (Å²) in [6, 6.07) is 7.80. The molecule has 1 amide bonds. The maximum atomic E-state index is 12.8. The van der Waals surface area contributed by atoms with Gasteiger partial charge < -0.3 is 10.0 Å². The van der Waals surface area contributed by atoms with Crippen molar-refractivity contribution in [1.29, 1.82) is 0 Å². The zero-order chi connectivity index (χ0) is 15.7. The Labute approximate surface area is 128 Å². The SMILES string of the molecule is Cc1ccc2ccnc(C(=O)N3CCCC(C(=O)O)C3)c2c1. The predicted octanol–water partition coefficient (Wildman–Crippen LogP) is 2.48. The van der Waals surface area contributed by atoms with Gasteiger partial charge >= 0.3 is 5.97 Å². The van der Waals surface area contributed by atoms with Crippen LogP contribution in [-0.4, -0.2) is 40.0 Å². The van der Waals surface area contributed by atoms with Gasteiger partial charge in [-0.3, -0.25) is 14.6 Å². The molecule has 1 atom stereocenters. The molecule has 5 nitrogen and oxygen atoms in total. The number of rotatable bonds is 2. The molecule has 1 N–H and O–H groups in total. The number of aromatic nitrogens is 1. The summed E-state index contributed by atoms with van der Waals surface area (Å²) < 4.78 is 0. The van der Waals surface area contributed by atoms with Gasteiger partial charge in [0.05, 0.1) is 5.92 Å². The number of nitrogens with zero attached hydrogens (tertiary/aromatic N) is 2. The minimum absolute atomic E-state index is 0.179. The van der Waals surface area contributed by atoms with Crippen LogP contribution >= 0.6 is 0 Å². The van der Waals surface area contributed by atoms with Crippen LogP contribution in [0.15, 0.2) is 30.5 Å². The number of pyridine rings is 1. The van der Waals surface area contributed by atoms with Gasteiger partial charge in [-0.15, -0.1) is 0 Å². The van der Waals surface area contributed by atoms with Gasteiger partial charge in [-0.05, 0) is 37.3 Å². The maximum absolute atomic E-state index is 12.8. The van der Waals surface area contributed by atoms with Crippen LogP contribution in [0, 0.1) is 12.8 Å². The van der Waals surface area contributed by atoms with Crippen LogP contribution in [0.1, 0.15) is 28.9 Å². The van der Waals surface area contributed by atoms with Crippen molar-refractivity contribution in [3.05, 3.63) is 41.7 Å². The molecule has 5 heteroatoms. The fraction of sp³-hybridized carbons (Fsp3) is 0.353. The van der Waals surface area contributed by atoms with Crippen molar-refractivity contribution in [1.82, 2.24) is 9.88 Å². The molecule has 1 aliphatic heterocycles. The number of piperidine rings is 1. The third-order valence-corrected chi connectivity index (χ3v) is 4.18. The Morgan fingerprint density at radius 2 is 2.14 bits per heavy atom. The summed E-state index contributed by atoms with van der Waals surface area (Å²) in [6.07, 6.45) is 2.97. The quantitative estimate of drug-likeness (QED) is 0.924. The zero-order valence-electron chi connectivity index (χ0n) is 12.5. The fourth-order valence-corrected chi connectivity index (χ4v) is 2.97. The monoisotopic (exact) mass is 298 g/mol. The minimum atomic E-state index is -0.834. The average Bonchev–Trinajstić information content (AvgIpc) is 2.53. The lowest BCUT2D eigenvalue weighted by Crippen LogP contribution is -2.42. The van der Waals surface area contributed by atoms with Gasteiger partial charge in [-0.25, -0.2) is 0 Å². The lowest BCUT2D eigenvalue weighted by atomic mass is 9.97. The first-order valence-corrected chi connectivity index (χ1v) is 7.43. The molecule has 114 valence electrons. The third kappa shape index (κ3) is 2.66. The number of benzene rings is 1. The number of carbonyl (C=O) groups excluding carboxylic acids is 1. The van der Waals surface area contributed by atoms with Crippen molar-refractivity contribution >= 4 is 22.6 Å². The van der Waals surface area contributed by atoms with E-state index in [4.69, 9.17) is 5.11 Å². The first-order chi connectivity index (χ1) is 10.6. The van der Waals surface area contributed by atoms with Crippen molar-refractivity contribution in [2.75, 3.05) is 13.1 Å². The minimum Gasteiger partial charge on any atom is -0.481 e. The molecule has 22 heavy (non-hydrogen) atoms. The van der Waals surface area contributed by atoms with Gasteiger partial charge in [0.2, 0.25) is 0 Å². The topological polar surface area (TPSA) is 70.5 Å². The molecule has 1 aromatic heterocycles. The van der Waals surface area contributed by atoms with Crippen molar-refractivity contribution in [2.45, 2.75) is 19.8 Å². The number of hydrogen-bond donors (Lipinski definition) is 1. The van der Waals surface area contributed by atoms with E-state index < -0.39 is 11.9 Å². The van der Waals surface area contributed by atoms with Crippen LogP contribution in [0.4, 0.5) is 0 Å². The second-order valence-electron chi connectivity index (χ2n) is 5.81. The Hall–Kier alpha value is -2.43. The number of aliphatic carboxylic acids is 1. The number of amides is 1. The number of likely N-dealkylation sites (tertiary alicyclic amines) is 1. The van der Waals surface area contributed by atoms with Gasteiger partial charge in [0, 0.05) is 24.7 Å². The highest BCUT2D eigenvalue weighted by atomic mass is 16.4. The highest BCUT2D eigenvalue weighted by Gasteiger charge is 2.29. The van der Waals surface area contributed by atoms with E-state index in [-0.39, 0.29) is 12.5 Å². The van der Waals surface area contributed by atoms with Crippen LogP contribution in [0.5, 0.6) is 0 Å². The Balaban J connectivity index is 1.95. The zero-order valence-corrected chi connectivity index (χ0v) is 12.5. The second kappa shape index (κ2) is 5.75. The number of carboxylic acid groups (broad SMARTS) is 1. The lowest BCUT2D eigenvalue weighted by Gasteiger charge is -2.30. The maximum Gasteiger partial charge on any atom is 0.308 e. The number of carbonyl (C=O) groups is 2. The molecule has 3 rings (SSSR count). The molecular formula is C17H18N2O3. The summed E-state index contributed by atoms with van der Waals surface area (Å²) in [7, 11) is 0. The van der Waals surface area contributed by atoms with E-state index in [1.54, 1.807) is 11.1 Å². The molecule has 2 heterocycles. The standard InChI is InChI=1S/C17H18N2O3/c1-11-4-5-12-6-7-18-15(14(12)9-11)16(20)19-8-2-3-13(10-19)17(21)22/h4-7,9,13H,2-3,8,10H2,1H3,(H,21,22). The van der Waals surface area contributed by atoms with Crippen molar-refractivity contribution in [3.63, 3.8) is 0 Å². The van der Waals surface area contributed by atoms with Crippen LogP contribution in [0.2, 0.25) is 0 Å². The molecule has 1 aromatic carbocycles. The van der Waals surface area contributed by atoms with Crippen LogP contribution < -0.4 is 0 Å². The molecule has 1 unspecified atom stereocenters. The van der Waals surface area contributed by atoms with E-state index in [0.717, 1.165) is 16.3 Å². The highest BCUT2D eigenvalue weighted by Crippen LogP contribution is 2.23. The smallest absolute Gasteiger partial charge is 0.308 e. The van der Waals surface area contributed by atoms with Crippen LogP contribution in [-0.2, 0) is 4.79 Å². The molecule has 2 aromatic rings. The first-order valence-electron chi connectivity index (χ1n) is 7.43. The number of aryl methyl sites for hydroxylation is 1. The van der Waals surface area contributed by atoms with Gasteiger partial charge in [0.25, 0.3) is 5.91 Å². The Kier molecular flexibility index (Phi) is 3.79. The highest BCUT2D eigenvalue weighted by molar-refractivity contribution is 6.05. The second-order valence-corrected chi connectivity index (χ2v) is 5.81. The molecule has 1 fully saturated rings. The fourth-order valence-electron chi connectivity index (χ4n) is 2.97. The number of hydrogen-bond acceptors (Lipinski definition) is 3. The summed E-state index contributed by atoms with van der Waals surface area (Å²) in [5, 5.41) is 11.0. The largest absolute Gasteiger partial charge is 0.481 e. The van der Waals surface area contributed by atoms with E-state index in [1.165, 1.54) is 0 Å². The lowest BCUT2D eigenvalue weighted by molar-refractivity contribution is -0.143. The Bertz CT molecular complexity index is 742. The average molecular weight is 298 g/mol. The summed E-state index contributed by atoms with van der Waals surface area (Å²) in [4.78, 5) is 29.8. The van der Waals surface area contributed by atoms with Crippen LogP contribution in [0.3, 0.4) is 0 Å². The normalized spacial score (nSPS) is 18.4. The summed E-state index contributed by atoms with van der Waals surface area (Å²) in [5.74, 6) is -1.49. The molecule has 0 radical (unpaired) electrons. The molecule has 1 aliphatic rings. The number of fused-ring (bicyclic) bond motifs is 1. The van der Waals surface area contributed by atoms with Crippen LogP contribution in [0.25, 0.3) is 10.8 Å². The van der Waals surface area contributed by atoms with Gasteiger partial charge in [0.1, 0.15) is 5.69 Å². The Morgan fingerprint density at radius 1 is 1.32 bits per heavy atom. The molecule has 1 saturated heterocycles. The summed E-state index contributed by atoms with van der Waals surface area (Å²) >= 11 is 0. The molecule has 0 bridgehead atoms. The van der Waals surface area contributed by atoms with E-state index in [2.05, 4.69) is 4.98 Å².